The van der Waals surface area contributed by atoms with Gasteiger partial charge in [-0.1, -0.05) is 5.16 Å². The van der Waals surface area contributed by atoms with Gasteiger partial charge in [-0.05, 0) is 13.8 Å². The molecule has 2 aliphatic rings. The molecule has 8 nitrogen and oxygen atoms in total. The van der Waals surface area contributed by atoms with Crippen molar-refractivity contribution in [3.8, 4) is 0 Å². The number of carbonyl (C=O) groups excluding carboxylic acids is 2. The fourth-order valence-corrected chi connectivity index (χ4v) is 3.01. The first-order valence-electron chi connectivity index (χ1n) is 7.72. The highest BCUT2D eigenvalue weighted by molar-refractivity contribution is 5.92. The lowest BCUT2D eigenvalue weighted by molar-refractivity contribution is -0.140. The maximum Gasteiger partial charge on any atom is 0.276 e. The summed E-state index contributed by atoms with van der Waals surface area (Å²) in [6, 6.07) is 1.59. The molecule has 0 aliphatic carbocycles. The van der Waals surface area contributed by atoms with Crippen molar-refractivity contribution < 1.29 is 23.6 Å². The van der Waals surface area contributed by atoms with Crippen LogP contribution in [0.1, 0.15) is 24.3 Å². The predicted octanol–water partition coefficient (Wildman–Crippen LogP) is 0.153. The summed E-state index contributed by atoms with van der Waals surface area (Å²) in [5.74, 6) is -0.256. The van der Waals surface area contributed by atoms with Crippen LogP contribution in [0.3, 0.4) is 0 Å². The first-order chi connectivity index (χ1) is 11.0. The summed E-state index contributed by atoms with van der Waals surface area (Å²) in [7, 11) is 0. The second kappa shape index (κ2) is 6.29. The summed E-state index contributed by atoms with van der Waals surface area (Å²) in [5.41, 5.74) is -0.429. The van der Waals surface area contributed by atoms with E-state index < -0.39 is 5.60 Å². The SMILES string of the molecule is CC(C)N1CC2(COCC1=O)CN(C(=O)c1ccon1)CCO2. The molecule has 0 saturated carbocycles. The summed E-state index contributed by atoms with van der Waals surface area (Å²) in [5, 5.41) is 3.70. The molecule has 0 radical (unpaired) electrons. The van der Waals surface area contributed by atoms with E-state index in [1.165, 1.54) is 12.3 Å². The van der Waals surface area contributed by atoms with Crippen LogP contribution in [0.2, 0.25) is 0 Å². The minimum Gasteiger partial charge on any atom is -0.368 e. The Morgan fingerprint density at radius 1 is 1.39 bits per heavy atom. The lowest BCUT2D eigenvalue weighted by atomic mass is 10.0. The van der Waals surface area contributed by atoms with Gasteiger partial charge in [-0.15, -0.1) is 0 Å². The molecular weight excluding hydrogens is 302 g/mol. The van der Waals surface area contributed by atoms with Gasteiger partial charge in [-0.2, -0.15) is 0 Å². The molecule has 2 fully saturated rings. The van der Waals surface area contributed by atoms with Crippen LogP contribution in [-0.2, 0) is 14.3 Å². The van der Waals surface area contributed by atoms with Gasteiger partial charge >= 0.3 is 0 Å². The van der Waals surface area contributed by atoms with Gasteiger partial charge in [0, 0.05) is 18.7 Å². The van der Waals surface area contributed by atoms with Crippen molar-refractivity contribution in [3.05, 3.63) is 18.0 Å². The lowest BCUT2D eigenvalue weighted by Crippen LogP contribution is -2.60. The van der Waals surface area contributed by atoms with Crippen LogP contribution in [0, 0.1) is 0 Å². The molecule has 0 bridgehead atoms. The van der Waals surface area contributed by atoms with E-state index in [-0.39, 0.29) is 36.8 Å². The third kappa shape index (κ3) is 3.23. The molecule has 3 heterocycles. The standard InChI is InChI=1S/C15H21N3O5/c1-11(2)18-9-15(10-21-7-13(18)19)8-17(4-6-22-15)14(20)12-3-5-23-16-12/h3,5,11H,4,6-10H2,1-2H3. The molecule has 1 atom stereocenters. The largest absolute Gasteiger partial charge is 0.368 e. The summed E-state index contributed by atoms with van der Waals surface area (Å²) in [6.07, 6.45) is 1.37. The minimum atomic E-state index is -0.700. The van der Waals surface area contributed by atoms with E-state index >= 15 is 0 Å². The van der Waals surface area contributed by atoms with Crippen molar-refractivity contribution in [1.29, 1.82) is 0 Å². The molecule has 3 rings (SSSR count). The smallest absolute Gasteiger partial charge is 0.276 e. The zero-order chi connectivity index (χ0) is 16.4. The Bertz CT molecular complexity index is 574. The van der Waals surface area contributed by atoms with E-state index in [0.29, 0.717) is 26.2 Å². The van der Waals surface area contributed by atoms with Crippen molar-refractivity contribution >= 4 is 11.8 Å². The van der Waals surface area contributed by atoms with Gasteiger partial charge in [0.1, 0.15) is 18.5 Å². The minimum absolute atomic E-state index is 0.0422. The number of rotatable bonds is 2. The number of carbonyl (C=O) groups is 2. The topological polar surface area (TPSA) is 85.1 Å². The van der Waals surface area contributed by atoms with Gasteiger partial charge in [0.25, 0.3) is 5.91 Å². The zero-order valence-corrected chi connectivity index (χ0v) is 13.4. The van der Waals surface area contributed by atoms with Crippen LogP contribution in [-0.4, -0.2) is 77.9 Å². The third-order valence-corrected chi connectivity index (χ3v) is 4.19. The van der Waals surface area contributed by atoms with Crippen LogP contribution in [0.5, 0.6) is 0 Å². The maximum absolute atomic E-state index is 12.5. The Balaban J connectivity index is 1.78. The van der Waals surface area contributed by atoms with Gasteiger partial charge in [0.2, 0.25) is 5.91 Å². The van der Waals surface area contributed by atoms with Crippen LogP contribution in [0.15, 0.2) is 16.9 Å². The molecule has 126 valence electrons. The molecular formula is C15H21N3O5. The Kier molecular flexibility index (Phi) is 4.36. The average molecular weight is 323 g/mol. The lowest BCUT2D eigenvalue weighted by Gasteiger charge is -2.43. The van der Waals surface area contributed by atoms with Crippen molar-refractivity contribution in [2.45, 2.75) is 25.5 Å². The molecule has 2 saturated heterocycles. The van der Waals surface area contributed by atoms with Crippen molar-refractivity contribution in [1.82, 2.24) is 15.0 Å². The van der Waals surface area contributed by atoms with Gasteiger partial charge in [0.15, 0.2) is 5.69 Å². The first-order valence-corrected chi connectivity index (χ1v) is 7.72. The van der Waals surface area contributed by atoms with Gasteiger partial charge in [-0.25, -0.2) is 0 Å². The third-order valence-electron chi connectivity index (χ3n) is 4.19. The average Bonchev–Trinajstić information content (AvgIpc) is 3.01. The number of nitrogens with zero attached hydrogens (tertiary/aromatic N) is 3. The molecule has 23 heavy (non-hydrogen) atoms. The number of hydrogen-bond donors (Lipinski definition) is 0. The van der Waals surface area contributed by atoms with Gasteiger partial charge in [-0.3, -0.25) is 9.59 Å². The normalized spacial score (nSPS) is 26.0. The highest BCUT2D eigenvalue weighted by Gasteiger charge is 2.44. The van der Waals surface area contributed by atoms with Gasteiger partial charge in [0.05, 0.1) is 26.3 Å². The van der Waals surface area contributed by atoms with Crippen LogP contribution < -0.4 is 0 Å². The maximum atomic E-state index is 12.5. The molecule has 2 amide bonds. The molecule has 0 aromatic carbocycles. The number of morpholine rings is 1. The summed E-state index contributed by atoms with van der Waals surface area (Å²) >= 11 is 0. The number of hydrogen-bond acceptors (Lipinski definition) is 6. The molecule has 1 aromatic rings. The predicted molar refractivity (Wildman–Crippen MR) is 78.8 cm³/mol. The number of ether oxygens (including phenoxy) is 2. The van der Waals surface area contributed by atoms with E-state index in [4.69, 9.17) is 14.0 Å². The Labute approximate surface area is 134 Å². The van der Waals surface area contributed by atoms with Crippen molar-refractivity contribution in [2.24, 2.45) is 0 Å². The van der Waals surface area contributed by atoms with E-state index in [1.54, 1.807) is 9.80 Å². The quantitative estimate of drug-likeness (QED) is 0.770. The molecule has 1 spiro atoms. The fraction of sp³-hybridized carbons (Fsp3) is 0.667. The molecule has 1 unspecified atom stereocenters. The molecule has 8 heteroatoms. The monoisotopic (exact) mass is 323 g/mol. The van der Waals surface area contributed by atoms with Crippen molar-refractivity contribution in [3.63, 3.8) is 0 Å². The molecule has 2 aliphatic heterocycles. The summed E-state index contributed by atoms with van der Waals surface area (Å²) in [6.45, 7) is 5.87. The van der Waals surface area contributed by atoms with Crippen molar-refractivity contribution in [2.75, 3.05) is 39.5 Å². The number of aromatic nitrogens is 1. The van der Waals surface area contributed by atoms with E-state index in [2.05, 4.69) is 5.16 Å². The summed E-state index contributed by atoms with van der Waals surface area (Å²) in [4.78, 5) is 28.0. The van der Waals surface area contributed by atoms with Crippen LogP contribution in [0.25, 0.3) is 0 Å². The van der Waals surface area contributed by atoms with Gasteiger partial charge < -0.3 is 23.8 Å². The zero-order valence-electron chi connectivity index (χ0n) is 13.4. The highest BCUT2D eigenvalue weighted by atomic mass is 16.5. The van der Waals surface area contributed by atoms with E-state index in [0.717, 1.165) is 0 Å². The van der Waals surface area contributed by atoms with Crippen LogP contribution in [0.4, 0.5) is 0 Å². The fourth-order valence-electron chi connectivity index (χ4n) is 3.01. The first kappa shape index (κ1) is 15.9. The van der Waals surface area contributed by atoms with E-state index in [1.807, 2.05) is 13.8 Å². The van der Waals surface area contributed by atoms with E-state index in [9.17, 15) is 9.59 Å². The highest BCUT2D eigenvalue weighted by Crippen LogP contribution is 2.25. The Hall–Kier alpha value is -1.93. The Morgan fingerprint density at radius 3 is 2.91 bits per heavy atom. The summed E-state index contributed by atoms with van der Waals surface area (Å²) < 4.78 is 16.2. The number of amides is 2. The van der Waals surface area contributed by atoms with Crippen LogP contribution >= 0.6 is 0 Å². The second-order valence-corrected chi connectivity index (χ2v) is 6.25. The Morgan fingerprint density at radius 2 is 2.22 bits per heavy atom. The molecule has 0 N–H and O–H groups in total. The second-order valence-electron chi connectivity index (χ2n) is 6.25. The molecule has 1 aromatic heterocycles.